The molecule has 7 nitrogen and oxygen atoms in total. The molecule has 0 bridgehead atoms. The highest BCUT2D eigenvalue weighted by Gasteiger charge is 2.03. The Bertz CT molecular complexity index is 539. The van der Waals surface area contributed by atoms with Gasteiger partial charge in [-0.25, -0.2) is 0 Å². The predicted octanol–water partition coefficient (Wildman–Crippen LogP) is 0.154. The fraction of sp³-hybridized carbons (Fsp3) is 0.333. The van der Waals surface area contributed by atoms with Crippen LogP contribution in [0.1, 0.15) is 5.69 Å². The average molecular weight is 284 g/mol. The van der Waals surface area contributed by atoms with Crippen LogP contribution in [0, 0.1) is 0 Å². The zero-order valence-corrected chi connectivity index (χ0v) is 11.1. The highest BCUT2D eigenvalue weighted by Crippen LogP contribution is 2.07. The molecule has 18 heavy (non-hydrogen) atoms. The van der Waals surface area contributed by atoms with Crippen LogP contribution in [0.25, 0.3) is 0 Å². The zero-order valence-electron chi connectivity index (χ0n) is 9.44. The summed E-state index contributed by atoms with van der Waals surface area (Å²) >= 11 is 2.73. The van der Waals surface area contributed by atoms with E-state index < -0.39 is 0 Å². The minimum atomic E-state index is -0.293. The molecular weight excluding hydrogens is 272 g/mol. The number of aromatic nitrogens is 4. The number of hydrogen-bond donors (Lipinski definition) is 2. The van der Waals surface area contributed by atoms with Crippen LogP contribution in [-0.4, -0.2) is 30.7 Å². The largest absolute Gasteiger partial charge is 0.378 e. The molecule has 0 aromatic carbocycles. The molecule has 2 aromatic heterocycles. The van der Waals surface area contributed by atoms with Gasteiger partial charge in [0.1, 0.15) is 0 Å². The van der Waals surface area contributed by atoms with Crippen LogP contribution in [0.15, 0.2) is 23.4 Å². The van der Waals surface area contributed by atoms with Gasteiger partial charge in [0.2, 0.25) is 5.82 Å². The van der Waals surface area contributed by atoms with Gasteiger partial charge >= 0.3 is 5.56 Å². The standard InChI is InChI=1S/C9H12N6OS2/c10-8-9(16)15(18-14-8)13-3-4-17-6-7-5-11-1-2-12-7/h1-2,5,13H,3-4,6H2,(H2,10,14). The third-order valence-electron chi connectivity index (χ3n) is 1.99. The summed E-state index contributed by atoms with van der Waals surface area (Å²) in [7, 11) is 0. The van der Waals surface area contributed by atoms with E-state index in [1.54, 1.807) is 30.4 Å². The van der Waals surface area contributed by atoms with Crippen molar-refractivity contribution >= 4 is 29.3 Å². The first-order chi connectivity index (χ1) is 8.77. The quantitative estimate of drug-likeness (QED) is 0.729. The molecule has 0 spiro atoms. The molecule has 0 amide bonds. The van der Waals surface area contributed by atoms with E-state index in [1.807, 2.05) is 0 Å². The molecule has 0 fully saturated rings. The molecule has 0 aliphatic heterocycles. The van der Waals surface area contributed by atoms with Gasteiger partial charge in [-0.2, -0.15) is 20.2 Å². The molecule has 0 aliphatic carbocycles. The summed E-state index contributed by atoms with van der Waals surface area (Å²) in [6.45, 7) is 0.659. The Balaban J connectivity index is 1.68. The third-order valence-corrected chi connectivity index (χ3v) is 3.72. The SMILES string of the molecule is Nc1nsn(NCCSCc2cnccn2)c1=O. The van der Waals surface area contributed by atoms with Gasteiger partial charge < -0.3 is 11.2 Å². The van der Waals surface area contributed by atoms with Crippen molar-refractivity contribution in [3.63, 3.8) is 0 Å². The summed E-state index contributed by atoms with van der Waals surface area (Å²) in [5, 5.41) is 0. The van der Waals surface area contributed by atoms with E-state index in [-0.39, 0.29) is 11.4 Å². The fourth-order valence-electron chi connectivity index (χ4n) is 1.17. The number of hydrogen-bond acceptors (Lipinski definition) is 8. The van der Waals surface area contributed by atoms with Crippen molar-refractivity contribution in [3.8, 4) is 0 Å². The Morgan fingerprint density at radius 2 is 2.39 bits per heavy atom. The van der Waals surface area contributed by atoms with Gasteiger partial charge in [-0.3, -0.25) is 14.8 Å². The van der Waals surface area contributed by atoms with Crippen molar-refractivity contribution in [2.75, 3.05) is 23.5 Å². The van der Waals surface area contributed by atoms with E-state index in [9.17, 15) is 4.79 Å². The van der Waals surface area contributed by atoms with E-state index in [1.165, 1.54) is 4.07 Å². The lowest BCUT2D eigenvalue weighted by atomic mass is 10.5. The average Bonchev–Trinajstić information content (AvgIpc) is 2.71. The fourth-order valence-corrected chi connectivity index (χ4v) is 2.47. The molecule has 96 valence electrons. The molecule has 3 N–H and O–H groups in total. The Hall–Kier alpha value is -1.61. The van der Waals surface area contributed by atoms with Gasteiger partial charge in [0.05, 0.1) is 17.4 Å². The van der Waals surface area contributed by atoms with Crippen LogP contribution >= 0.6 is 23.5 Å². The first-order valence-electron chi connectivity index (χ1n) is 5.18. The van der Waals surface area contributed by atoms with Crippen molar-refractivity contribution in [2.45, 2.75) is 5.75 Å². The van der Waals surface area contributed by atoms with Gasteiger partial charge in [-0.05, 0) is 0 Å². The van der Waals surface area contributed by atoms with Crippen molar-refractivity contribution in [2.24, 2.45) is 0 Å². The smallest absolute Gasteiger partial charge is 0.323 e. The van der Waals surface area contributed by atoms with Crippen molar-refractivity contribution in [1.29, 1.82) is 0 Å². The summed E-state index contributed by atoms with van der Waals surface area (Å²) in [6.07, 6.45) is 5.07. The van der Waals surface area contributed by atoms with Gasteiger partial charge in [0, 0.05) is 36.6 Å². The first-order valence-corrected chi connectivity index (χ1v) is 7.07. The van der Waals surface area contributed by atoms with E-state index >= 15 is 0 Å². The molecular formula is C9H12N6OS2. The molecule has 9 heteroatoms. The second-order valence-corrected chi connectivity index (χ2v) is 5.13. The summed E-state index contributed by atoms with van der Waals surface area (Å²) in [5.41, 5.74) is 8.95. The lowest BCUT2D eigenvalue weighted by Crippen LogP contribution is -2.26. The molecule has 0 atom stereocenters. The first kappa shape index (κ1) is 12.8. The highest BCUT2D eigenvalue weighted by molar-refractivity contribution is 7.98. The van der Waals surface area contributed by atoms with Gasteiger partial charge in [-0.1, -0.05) is 0 Å². The van der Waals surface area contributed by atoms with Crippen molar-refractivity contribution in [3.05, 3.63) is 34.6 Å². The molecule has 0 radical (unpaired) electrons. The van der Waals surface area contributed by atoms with Crippen LogP contribution < -0.4 is 16.7 Å². The third kappa shape index (κ3) is 3.44. The highest BCUT2D eigenvalue weighted by atomic mass is 32.2. The molecule has 2 heterocycles. The Morgan fingerprint density at radius 3 is 3.06 bits per heavy atom. The summed E-state index contributed by atoms with van der Waals surface area (Å²) in [6, 6.07) is 0. The van der Waals surface area contributed by atoms with E-state index in [0.717, 1.165) is 28.9 Å². The maximum atomic E-state index is 11.4. The Labute approximate surface area is 112 Å². The number of nitrogens with zero attached hydrogens (tertiary/aromatic N) is 4. The van der Waals surface area contributed by atoms with Crippen molar-refractivity contribution in [1.82, 2.24) is 18.4 Å². The van der Waals surface area contributed by atoms with Crippen LogP contribution in [0.5, 0.6) is 0 Å². The van der Waals surface area contributed by atoms with E-state index in [0.29, 0.717) is 6.54 Å². The number of rotatable bonds is 6. The van der Waals surface area contributed by atoms with E-state index in [2.05, 4.69) is 19.8 Å². The molecule has 0 unspecified atom stereocenters. The normalized spacial score (nSPS) is 10.4. The van der Waals surface area contributed by atoms with Crippen molar-refractivity contribution < 1.29 is 0 Å². The second kappa shape index (κ2) is 6.36. The van der Waals surface area contributed by atoms with Crippen LogP contribution in [0.2, 0.25) is 0 Å². The molecule has 0 saturated carbocycles. The second-order valence-electron chi connectivity index (χ2n) is 3.32. The number of nitrogen functional groups attached to an aromatic ring is 1. The minimum absolute atomic E-state index is 0.0275. The topological polar surface area (TPSA) is 98.7 Å². The number of nitrogens with one attached hydrogen (secondary N) is 1. The number of nitrogens with two attached hydrogens (primary N) is 1. The van der Waals surface area contributed by atoms with Crippen LogP contribution in [0.4, 0.5) is 5.82 Å². The Kier molecular flexibility index (Phi) is 4.53. The number of anilines is 1. The zero-order chi connectivity index (χ0) is 12.8. The molecule has 0 saturated heterocycles. The van der Waals surface area contributed by atoms with Gasteiger partial charge in [0.25, 0.3) is 0 Å². The van der Waals surface area contributed by atoms with Gasteiger partial charge in [0.15, 0.2) is 0 Å². The number of thioether (sulfide) groups is 1. The summed E-state index contributed by atoms with van der Waals surface area (Å²) in [4.78, 5) is 19.5. The predicted molar refractivity (Wildman–Crippen MR) is 73.2 cm³/mol. The Morgan fingerprint density at radius 1 is 1.50 bits per heavy atom. The lowest BCUT2D eigenvalue weighted by Gasteiger charge is -2.03. The monoisotopic (exact) mass is 284 g/mol. The molecule has 0 aliphatic rings. The molecule has 2 rings (SSSR count). The molecule has 2 aromatic rings. The van der Waals surface area contributed by atoms with Crippen LogP contribution in [0.3, 0.4) is 0 Å². The lowest BCUT2D eigenvalue weighted by molar-refractivity contribution is 0.918. The van der Waals surface area contributed by atoms with E-state index in [4.69, 9.17) is 5.73 Å². The maximum absolute atomic E-state index is 11.4. The van der Waals surface area contributed by atoms with Gasteiger partial charge in [-0.15, -0.1) is 0 Å². The summed E-state index contributed by atoms with van der Waals surface area (Å²) < 4.78 is 5.08. The maximum Gasteiger partial charge on any atom is 0.323 e. The minimum Gasteiger partial charge on any atom is -0.378 e. The summed E-state index contributed by atoms with van der Waals surface area (Å²) in [5.74, 6) is 1.68. The van der Waals surface area contributed by atoms with Crippen LogP contribution in [-0.2, 0) is 5.75 Å².